The highest BCUT2D eigenvalue weighted by molar-refractivity contribution is 5.81. The highest BCUT2D eigenvalue weighted by Crippen LogP contribution is 2.21. The molecule has 5 heteroatoms. The van der Waals surface area contributed by atoms with Gasteiger partial charge in [0.25, 0.3) is 0 Å². The Morgan fingerprint density at radius 1 is 1.57 bits per heavy atom. The van der Waals surface area contributed by atoms with Gasteiger partial charge in [-0.05, 0) is 46.6 Å². The Hall–Kier alpha value is -1.36. The van der Waals surface area contributed by atoms with Crippen molar-refractivity contribution in [3.05, 3.63) is 17.5 Å². The molecular weight excluding hydrogens is 266 g/mol. The van der Waals surface area contributed by atoms with Gasteiger partial charge in [0.05, 0.1) is 11.7 Å². The highest BCUT2D eigenvalue weighted by atomic mass is 16.5. The number of amides is 1. The van der Waals surface area contributed by atoms with Gasteiger partial charge in [-0.25, -0.2) is 0 Å². The number of likely N-dealkylation sites (N-methyl/N-ethyl adjacent to an activating group) is 1. The molecule has 1 amide bonds. The lowest BCUT2D eigenvalue weighted by atomic mass is 9.99. The van der Waals surface area contributed by atoms with Crippen LogP contribution in [0.5, 0.6) is 0 Å². The van der Waals surface area contributed by atoms with E-state index >= 15 is 0 Å². The van der Waals surface area contributed by atoms with Crippen LogP contribution in [0, 0.1) is 6.92 Å². The fourth-order valence-corrected chi connectivity index (χ4v) is 3.03. The summed E-state index contributed by atoms with van der Waals surface area (Å²) in [6.07, 6.45) is 4.55. The first-order chi connectivity index (χ1) is 10.0. The second-order valence-corrected chi connectivity index (χ2v) is 6.11. The molecule has 1 aliphatic rings. The Balaban J connectivity index is 1.97. The Bertz CT molecular complexity index is 472. The first kappa shape index (κ1) is 16.0. The Kier molecular flexibility index (Phi) is 5.39. The molecule has 2 unspecified atom stereocenters. The van der Waals surface area contributed by atoms with Crippen molar-refractivity contribution in [1.82, 2.24) is 15.0 Å². The van der Waals surface area contributed by atoms with Crippen molar-refractivity contribution >= 4 is 5.91 Å². The van der Waals surface area contributed by atoms with E-state index in [-0.39, 0.29) is 11.9 Å². The summed E-state index contributed by atoms with van der Waals surface area (Å²) in [5.41, 5.74) is 0.875. The summed E-state index contributed by atoms with van der Waals surface area (Å²) in [6, 6.07) is 2.20. The molecule has 1 aromatic rings. The summed E-state index contributed by atoms with van der Waals surface area (Å²) >= 11 is 0. The zero-order chi connectivity index (χ0) is 15.4. The van der Waals surface area contributed by atoms with Gasteiger partial charge in [-0.2, -0.15) is 0 Å². The van der Waals surface area contributed by atoms with E-state index in [1.54, 1.807) is 0 Å². The summed E-state index contributed by atoms with van der Waals surface area (Å²) in [4.78, 5) is 16.9. The number of carbonyl (C=O) groups excluding carboxylic acids is 1. The molecular formula is C16H27N3O2. The number of nitrogens with zero attached hydrogens (tertiary/aromatic N) is 3. The van der Waals surface area contributed by atoms with Gasteiger partial charge in [0, 0.05) is 25.2 Å². The largest absolute Gasteiger partial charge is 0.361 e. The van der Waals surface area contributed by atoms with E-state index in [2.05, 4.69) is 17.0 Å². The van der Waals surface area contributed by atoms with Crippen LogP contribution in [0.1, 0.15) is 51.0 Å². The standard InChI is InChI=1S/C16H27N3O2/c1-5-15-8-6-7-9-19(15)16(20)13(3)18(4)11-14-10-12(2)21-17-14/h10,13,15H,5-9,11H2,1-4H3. The summed E-state index contributed by atoms with van der Waals surface area (Å²) in [5.74, 6) is 1.05. The lowest BCUT2D eigenvalue weighted by Gasteiger charge is -2.38. The van der Waals surface area contributed by atoms with Crippen molar-refractivity contribution in [1.29, 1.82) is 0 Å². The van der Waals surface area contributed by atoms with Gasteiger partial charge >= 0.3 is 0 Å². The van der Waals surface area contributed by atoms with Crippen LogP contribution in [-0.4, -0.2) is 46.5 Å². The SMILES string of the molecule is CCC1CCCCN1C(=O)C(C)N(C)Cc1cc(C)on1. The number of hydrogen-bond donors (Lipinski definition) is 0. The van der Waals surface area contributed by atoms with Gasteiger partial charge in [-0.1, -0.05) is 12.1 Å². The third-order valence-corrected chi connectivity index (χ3v) is 4.49. The third-order valence-electron chi connectivity index (χ3n) is 4.49. The Morgan fingerprint density at radius 2 is 2.33 bits per heavy atom. The van der Waals surface area contributed by atoms with Crippen molar-refractivity contribution in [3.8, 4) is 0 Å². The smallest absolute Gasteiger partial charge is 0.239 e. The first-order valence-corrected chi connectivity index (χ1v) is 7.95. The van der Waals surface area contributed by atoms with Crippen LogP contribution in [0.2, 0.25) is 0 Å². The summed E-state index contributed by atoms with van der Waals surface area (Å²) in [7, 11) is 1.97. The maximum Gasteiger partial charge on any atom is 0.239 e. The molecule has 0 aromatic carbocycles. The number of rotatable bonds is 5. The third kappa shape index (κ3) is 3.84. The number of hydrogen-bond acceptors (Lipinski definition) is 4. The van der Waals surface area contributed by atoms with Gasteiger partial charge in [-0.3, -0.25) is 9.69 Å². The number of aryl methyl sites for hydroxylation is 1. The molecule has 5 nitrogen and oxygen atoms in total. The Morgan fingerprint density at radius 3 is 2.95 bits per heavy atom. The zero-order valence-electron chi connectivity index (χ0n) is 13.6. The van der Waals surface area contributed by atoms with Crippen LogP contribution in [0.25, 0.3) is 0 Å². The van der Waals surface area contributed by atoms with Crippen molar-refractivity contribution in [2.45, 2.75) is 65.1 Å². The van der Waals surface area contributed by atoms with E-state index in [1.165, 1.54) is 6.42 Å². The van der Waals surface area contributed by atoms with Gasteiger partial charge in [-0.15, -0.1) is 0 Å². The molecule has 118 valence electrons. The van der Waals surface area contributed by atoms with E-state index in [0.29, 0.717) is 12.6 Å². The molecule has 2 rings (SSSR count). The van der Waals surface area contributed by atoms with E-state index in [0.717, 1.165) is 37.3 Å². The monoisotopic (exact) mass is 293 g/mol. The van der Waals surface area contributed by atoms with E-state index in [4.69, 9.17) is 4.52 Å². The van der Waals surface area contributed by atoms with Gasteiger partial charge in [0.15, 0.2) is 0 Å². The molecule has 1 aromatic heterocycles. The van der Waals surface area contributed by atoms with Crippen LogP contribution in [0.15, 0.2) is 10.6 Å². The topological polar surface area (TPSA) is 49.6 Å². The van der Waals surface area contributed by atoms with Crippen molar-refractivity contribution in [2.24, 2.45) is 0 Å². The van der Waals surface area contributed by atoms with E-state index in [1.807, 2.05) is 31.9 Å². The first-order valence-electron chi connectivity index (χ1n) is 7.95. The second kappa shape index (κ2) is 7.07. The molecule has 0 aliphatic carbocycles. The average molecular weight is 293 g/mol. The predicted octanol–water partition coefficient (Wildman–Crippen LogP) is 2.59. The van der Waals surface area contributed by atoms with E-state index in [9.17, 15) is 4.79 Å². The minimum absolute atomic E-state index is 0.130. The average Bonchev–Trinajstić information content (AvgIpc) is 2.90. The molecule has 0 spiro atoms. The van der Waals surface area contributed by atoms with Crippen LogP contribution in [-0.2, 0) is 11.3 Å². The zero-order valence-corrected chi connectivity index (χ0v) is 13.6. The normalized spacial score (nSPS) is 20.8. The summed E-state index contributed by atoms with van der Waals surface area (Å²) in [5, 5.41) is 4.00. The quantitative estimate of drug-likeness (QED) is 0.837. The van der Waals surface area contributed by atoms with Crippen molar-refractivity contribution < 1.29 is 9.32 Å². The molecule has 1 fully saturated rings. The van der Waals surface area contributed by atoms with Crippen molar-refractivity contribution in [2.75, 3.05) is 13.6 Å². The molecule has 21 heavy (non-hydrogen) atoms. The minimum Gasteiger partial charge on any atom is -0.361 e. The van der Waals surface area contributed by atoms with Crippen LogP contribution in [0.4, 0.5) is 0 Å². The molecule has 0 saturated carbocycles. The summed E-state index contributed by atoms with van der Waals surface area (Å²) < 4.78 is 5.08. The summed E-state index contributed by atoms with van der Waals surface area (Å²) in [6.45, 7) is 7.57. The highest BCUT2D eigenvalue weighted by Gasteiger charge is 2.30. The molecule has 1 saturated heterocycles. The number of aromatic nitrogens is 1. The van der Waals surface area contributed by atoms with Crippen LogP contribution in [0.3, 0.4) is 0 Å². The maximum atomic E-state index is 12.7. The van der Waals surface area contributed by atoms with Gasteiger partial charge < -0.3 is 9.42 Å². The van der Waals surface area contributed by atoms with E-state index < -0.39 is 0 Å². The lowest BCUT2D eigenvalue weighted by Crippen LogP contribution is -2.51. The molecule has 1 aliphatic heterocycles. The Labute approximate surface area is 127 Å². The van der Waals surface area contributed by atoms with Gasteiger partial charge in [0.1, 0.15) is 5.76 Å². The van der Waals surface area contributed by atoms with Gasteiger partial charge in [0.2, 0.25) is 5.91 Å². The molecule has 2 atom stereocenters. The fraction of sp³-hybridized carbons (Fsp3) is 0.750. The lowest BCUT2D eigenvalue weighted by molar-refractivity contribution is -0.140. The molecule has 2 heterocycles. The van der Waals surface area contributed by atoms with Crippen molar-refractivity contribution in [3.63, 3.8) is 0 Å². The number of likely N-dealkylation sites (tertiary alicyclic amines) is 1. The minimum atomic E-state index is -0.130. The second-order valence-electron chi connectivity index (χ2n) is 6.11. The maximum absolute atomic E-state index is 12.7. The van der Waals surface area contributed by atoms with Crippen LogP contribution >= 0.6 is 0 Å². The number of carbonyl (C=O) groups is 1. The fourth-order valence-electron chi connectivity index (χ4n) is 3.03. The molecule has 0 bridgehead atoms. The van der Waals surface area contributed by atoms with Crippen LogP contribution < -0.4 is 0 Å². The molecule has 0 radical (unpaired) electrons. The number of piperidine rings is 1. The predicted molar refractivity (Wildman–Crippen MR) is 81.8 cm³/mol. The molecule has 0 N–H and O–H groups in total.